The van der Waals surface area contributed by atoms with Crippen LogP contribution in [-0.2, 0) is 11.3 Å². The molecule has 1 aromatic heterocycles. The number of nitrogens with one attached hydrogen (secondary N) is 2. The molecular weight excluding hydrogens is 244 g/mol. The van der Waals surface area contributed by atoms with Gasteiger partial charge in [-0.25, -0.2) is 0 Å². The van der Waals surface area contributed by atoms with Crippen LogP contribution in [0.2, 0.25) is 0 Å². The third-order valence-electron chi connectivity index (χ3n) is 3.06. The number of hydrogen-bond acceptors (Lipinski definition) is 6. The zero-order chi connectivity index (χ0) is 13.9. The molecular formula is C13H24N4O2. The van der Waals surface area contributed by atoms with E-state index in [4.69, 9.17) is 9.15 Å². The first kappa shape index (κ1) is 14.3. The number of anilines is 1. The predicted molar refractivity (Wildman–Crippen MR) is 72.9 cm³/mol. The average molecular weight is 268 g/mol. The molecule has 1 aromatic rings. The van der Waals surface area contributed by atoms with Gasteiger partial charge in [-0.15, -0.1) is 5.10 Å². The van der Waals surface area contributed by atoms with Crippen LogP contribution in [0, 0.1) is 0 Å². The van der Waals surface area contributed by atoms with Crippen LogP contribution in [-0.4, -0.2) is 34.5 Å². The topological polar surface area (TPSA) is 72.2 Å². The minimum atomic E-state index is 0.0424. The van der Waals surface area contributed by atoms with E-state index in [2.05, 4.69) is 41.6 Å². The Labute approximate surface area is 114 Å². The largest absolute Gasteiger partial charge is 0.407 e. The molecule has 1 aliphatic carbocycles. The summed E-state index contributed by atoms with van der Waals surface area (Å²) in [4.78, 5) is 0. The van der Waals surface area contributed by atoms with Crippen LogP contribution < -0.4 is 10.6 Å². The molecule has 0 aliphatic heterocycles. The molecule has 0 spiro atoms. The molecule has 0 atom stereocenters. The van der Waals surface area contributed by atoms with Gasteiger partial charge in [0, 0.05) is 18.2 Å². The van der Waals surface area contributed by atoms with Crippen molar-refractivity contribution in [3.05, 3.63) is 5.89 Å². The van der Waals surface area contributed by atoms with Gasteiger partial charge in [-0.05, 0) is 40.5 Å². The third-order valence-corrected chi connectivity index (χ3v) is 3.06. The van der Waals surface area contributed by atoms with Gasteiger partial charge in [0.05, 0.1) is 12.6 Å². The molecule has 6 heteroatoms. The van der Waals surface area contributed by atoms with E-state index in [0.717, 1.165) is 19.4 Å². The molecule has 0 amide bonds. The van der Waals surface area contributed by atoms with Crippen molar-refractivity contribution in [2.75, 3.05) is 11.9 Å². The maximum atomic E-state index is 5.54. The summed E-state index contributed by atoms with van der Waals surface area (Å²) in [5.41, 5.74) is 0.0424. The maximum Gasteiger partial charge on any atom is 0.315 e. The van der Waals surface area contributed by atoms with Gasteiger partial charge in [-0.2, -0.15) is 0 Å². The standard InChI is InChI=1S/C13H24N4O2/c1-5-18-10-6-9(7-10)15-12-17-16-11(19-12)8-14-13(2,3)4/h9-10,14H,5-8H2,1-4H3,(H,15,17). The van der Waals surface area contributed by atoms with Crippen LogP contribution in [0.5, 0.6) is 0 Å². The van der Waals surface area contributed by atoms with E-state index in [0.29, 0.717) is 30.6 Å². The van der Waals surface area contributed by atoms with Crippen molar-refractivity contribution in [1.82, 2.24) is 15.5 Å². The second kappa shape index (κ2) is 5.88. The molecule has 0 unspecified atom stereocenters. The van der Waals surface area contributed by atoms with Crippen molar-refractivity contribution in [3.63, 3.8) is 0 Å². The summed E-state index contributed by atoms with van der Waals surface area (Å²) < 4.78 is 11.1. The molecule has 2 N–H and O–H groups in total. The molecule has 19 heavy (non-hydrogen) atoms. The quantitative estimate of drug-likeness (QED) is 0.821. The monoisotopic (exact) mass is 268 g/mol. The van der Waals surface area contributed by atoms with E-state index in [-0.39, 0.29) is 5.54 Å². The Kier molecular flexibility index (Phi) is 4.42. The van der Waals surface area contributed by atoms with Crippen LogP contribution in [0.15, 0.2) is 4.42 Å². The highest BCUT2D eigenvalue weighted by molar-refractivity contribution is 5.21. The first-order valence-corrected chi connectivity index (χ1v) is 6.92. The lowest BCUT2D eigenvalue weighted by Crippen LogP contribution is -2.40. The molecule has 0 saturated heterocycles. The van der Waals surface area contributed by atoms with Gasteiger partial charge < -0.3 is 19.8 Å². The minimum absolute atomic E-state index is 0.0424. The second-order valence-corrected chi connectivity index (χ2v) is 5.99. The molecule has 1 fully saturated rings. The third kappa shape index (κ3) is 4.47. The fourth-order valence-corrected chi connectivity index (χ4v) is 1.95. The first-order chi connectivity index (χ1) is 8.96. The summed E-state index contributed by atoms with van der Waals surface area (Å²) in [7, 11) is 0. The van der Waals surface area contributed by atoms with Crippen LogP contribution in [0.25, 0.3) is 0 Å². The molecule has 108 valence electrons. The number of rotatable bonds is 6. The average Bonchev–Trinajstić information content (AvgIpc) is 2.71. The van der Waals surface area contributed by atoms with Gasteiger partial charge >= 0.3 is 6.01 Å². The van der Waals surface area contributed by atoms with E-state index < -0.39 is 0 Å². The van der Waals surface area contributed by atoms with Crippen molar-refractivity contribution in [3.8, 4) is 0 Å². The van der Waals surface area contributed by atoms with E-state index in [1.54, 1.807) is 0 Å². The van der Waals surface area contributed by atoms with Gasteiger partial charge in [0.2, 0.25) is 5.89 Å². The summed E-state index contributed by atoms with van der Waals surface area (Å²) in [6.45, 7) is 9.69. The first-order valence-electron chi connectivity index (χ1n) is 6.92. The number of ether oxygens (including phenoxy) is 1. The maximum absolute atomic E-state index is 5.54. The summed E-state index contributed by atoms with van der Waals surface area (Å²) in [5.74, 6) is 0.609. The van der Waals surface area contributed by atoms with Gasteiger partial charge in [0.1, 0.15) is 0 Å². The number of hydrogen-bond donors (Lipinski definition) is 2. The Morgan fingerprint density at radius 2 is 2.05 bits per heavy atom. The lowest BCUT2D eigenvalue weighted by Gasteiger charge is -2.34. The Bertz CT molecular complexity index is 394. The van der Waals surface area contributed by atoms with E-state index in [1.165, 1.54) is 0 Å². The fourth-order valence-electron chi connectivity index (χ4n) is 1.95. The van der Waals surface area contributed by atoms with Crippen LogP contribution >= 0.6 is 0 Å². The Hall–Kier alpha value is -1.14. The van der Waals surface area contributed by atoms with E-state index >= 15 is 0 Å². The zero-order valence-electron chi connectivity index (χ0n) is 12.2. The van der Waals surface area contributed by atoms with Crippen molar-refractivity contribution in [2.24, 2.45) is 0 Å². The van der Waals surface area contributed by atoms with Gasteiger partial charge in [0.15, 0.2) is 0 Å². The number of nitrogens with zero attached hydrogens (tertiary/aromatic N) is 2. The lowest BCUT2D eigenvalue weighted by atomic mass is 9.89. The number of aromatic nitrogens is 2. The normalized spacial score (nSPS) is 23.2. The van der Waals surface area contributed by atoms with Gasteiger partial charge in [0.25, 0.3) is 0 Å². The molecule has 0 radical (unpaired) electrons. The highest BCUT2D eigenvalue weighted by Crippen LogP contribution is 2.26. The summed E-state index contributed by atoms with van der Waals surface area (Å²) in [6, 6.07) is 0.895. The van der Waals surface area contributed by atoms with Crippen molar-refractivity contribution in [2.45, 2.75) is 64.8 Å². The van der Waals surface area contributed by atoms with Crippen LogP contribution in [0.4, 0.5) is 6.01 Å². The van der Waals surface area contributed by atoms with Crippen molar-refractivity contribution in [1.29, 1.82) is 0 Å². The zero-order valence-corrected chi connectivity index (χ0v) is 12.2. The van der Waals surface area contributed by atoms with Crippen LogP contribution in [0.3, 0.4) is 0 Å². The molecule has 1 aliphatic rings. The summed E-state index contributed by atoms with van der Waals surface area (Å²) >= 11 is 0. The van der Waals surface area contributed by atoms with Gasteiger partial charge in [-0.1, -0.05) is 5.10 Å². The van der Waals surface area contributed by atoms with Crippen molar-refractivity contribution < 1.29 is 9.15 Å². The summed E-state index contributed by atoms with van der Waals surface area (Å²) in [6.07, 6.45) is 2.39. The molecule has 2 rings (SSSR count). The Balaban J connectivity index is 1.73. The highest BCUT2D eigenvalue weighted by Gasteiger charge is 2.30. The smallest absolute Gasteiger partial charge is 0.315 e. The molecule has 1 heterocycles. The Morgan fingerprint density at radius 1 is 1.32 bits per heavy atom. The predicted octanol–water partition coefficient (Wildman–Crippen LogP) is 1.94. The van der Waals surface area contributed by atoms with Crippen molar-refractivity contribution >= 4 is 6.01 Å². The molecule has 6 nitrogen and oxygen atoms in total. The molecule has 0 aromatic carbocycles. The van der Waals surface area contributed by atoms with E-state index in [9.17, 15) is 0 Å². The van der Waals surface area contributed by atoms with Crippen LogP contribution in [0.1, 0.15) is 46.4 Å². The SMILES string of the molecule is CCOC1CC(Nc2nnc(CNC(C)(C)C)o2)C1. The summed E-state index contributed by atoms with van der Waals surface area (Å²) in [5, 5.41) is 14.6. The van der Waals surface area contributed by atoms with E-state index in [1.807, 2.05) is 6.92 Å². The molecule has 0 bridgehead atoms. The lowest BCUT2D eigenvalue weighted by molar-refractivity contribution is 0.00255. The fraction of sp³-hybridized carbons (Fsp3) is 0.846. The van der Waals surface area contributed by atoms with Gasteiger partial charge in [-0.3, -0.25) is 0 Å². The molecule has 1 saturated carbocycles. The highest BCUT2D eigenvalue weighted by atomic mass is 16.5. The minimum Gasteiger partial charge on any atom is -0.407 e. The Morgan fingerprint density at radius 3 is 2.68 bits per heavy atom. The second-order valence-electron chi connectivity index (χ2n) is 5.99.